The topological polar surface area (TPSA) is 54.0 Å². The van der Waals surface area contributed by atoms with Gasteiger partial charge in [-0.2, -0.15) is 0 Å². The van der Waals surface area contributed by atoms with Crippen LogP contribution in [0.4, 0.5) is 5.69 Å². The Bertz CT molecular complexity index is 569. The van der Waals surface area contributed by atoms with E-state index in [1.165, 1.54) is 5.56 Å². The number of pyridine rings is 1. The molecule has 0 unspecified atom stereocenters. The first-order chi connectivity index (χ1) is 10.3. The zero-order valence-corrected chi connectivity index (χ0v) is 12.3. The van der Waals surface area contributed by atoms with E-state index in [2.05, 4.69) is 34.7 Å². The van der Waals surface area contributed by atoms with E-state index in [0.717, 1.165) is 25.1 Å². The normalized spacial score (nSPS) is 10.1. The van der Waals surface area contributed by atoms with Crippen molar-refractivity contribution in [3.63, 3.8) is 0 Å². The van der Waals surface area contributed by atoms with Crippen LogP contribution >= 0.6 is 0 Å². The number of carbonyl (C=O) groups is 1. The summed E-state index contributed by atoms with van der Waals surface area (Å²) in [5.74, 6) is -0.133. The Morgan fingerprint density at radius 1 is 1.14 bits per heavy atom. The first-order valence-electron chi connectivity index (χ1n) is 7.31. The van der Waals surface area contributed by atoms with Gasteiger partial charge in [0.15, 0.2) is 0 Å². The van der Waals surface area contributed by atoms with Gasteiger partial charge < -0.3 is 10.6 Å². The number of nitrogens with zero attached hydrogens (tertiary/aromatic N) is 1. The number of anilines is 1. The van der Waals surface area contributed by atoms with E-state index in [1.54, 1.807) is 12.3 Å². The molecule has 2 N–H and O–H groups in total. The largest absolute Gasteiger partial charge is 0.385 e. The average Bonchev–Trinajstić information content (AvgIpc) is 2.54. The Kier molecular flexibility index (Phi) is 5.76. The van der Waals surface area contributed by atoms with Crippen LogP contribution in [0.2, 0.25) is 0 Å². The maximum atomic E-state index is 12.1. The van der Waals surface area contributed by atoms with E-state index >= 15 is 0 Å². The third-order valence-electron chi connectivity index (χ3n) is 3.11. The van der Waals surface area contributed by atoms with Crippen molar-refractivity contribution in [3.05, 3.63) is 59.9 Å². The van der Waals surface area contributed by atoms with E-state index < -0.39 is 0 Å². The smallest absolute Gasteiger partial charge is 0.269 e. The molecule has 0 aliphatic carbocycles. The minimum atomic E-state index is -0.133. The van der Waals surface area contributed by atoms with Crippen molar-refractivity contribution in [1.29, 1.82) is 0 Å². The average molecular weight is 283 g/mol. The third kappa shape index (κ3) is 4.91. The summed E-state index contributed by atoms with van der Waals surface area (Å²) >= 11 is 0. The second-order valence-corrected chi connectivity index (χ2v) is 4.85. The van der Waals surface area contributed by atoms with Gasteiger partial charge in [-0.3, -0.25) is 9.78 Å². The minimum absolute atomic E-state index is 0.133. The predicted octanol–water partition coefficient (Wildman–Crippen LogP) is 2.88. The molecule has 1 amide bonds. The molecule has 2 rings (SSSR count). The van der Waals surface area contributed by atoms with Gasteiger partial charge >= 0.3 is 0 Å². The van der Waals surface area contributed by atoms with Crippen LogP contribution in [0.5, 0.6) is 0 Å². The summed E-state index contributed by atoms with van der Waals surface area (Å²) < 4.78 is 0. The van der Waals surface area contributed by atoms with Crippen LogP contribution in [-0.4, -0.2) is 24.0 Å². The maximum absolute atomic E-state index is 12.1. The van der Waals surface area contributed by atoms with Gasteiger partial charge in [-0.15, -0.1) is 0 Å². The van der Waals surface area contributed by atoms with E-state index in [1.807, 2.05) is 24.3 Å². The van der Waals surface area contributed by atoms with Crippen molar-refractivity contribution < 1.29 is 4.79 Å². The van der Waals surface area contributed by atoms with Gasteiger partial charge in [-0.1, -0.05) is 37.3 Å². The monoisotopic (exact) mass is 283 g/mol. The highest BCUT2D eigenvalue weighted by Gasteiger charge is 2.07. The molecule has 0 aliphatic heterocycles. The van der Waals surface area contributed by atoms with Gasteiger partial charge in [0.05, 0.1) is 0 Å². The van der Waals surface area contributed by atoms with Gasteiger partial charge in [-0.25, -0.2) is 0 Å². The van der Waals surface area contributed by atoms with Gasteiger partial charge in [0.25, 0.3) is 5.91 Å². The molecule has 1 aromatic carbocycles. The first-order valence-corrected chi connectivity index (χ1v) is 7.31. The number of rotatable bonds is 7. The highest BCUT2D eigenvalue weighted by molar-refractivity contribution is 5.93. The predicted molar refractivity (Wildman–Crippen MR) is 85.5 cm³/mol. The highest BCUT2D eigenvalue weighted by atomic mass is 16.1. The molecule has 0 spiro atoms. The Balaban J connectivity index is 1.85. The third-order valence-corrected chi connectivity index (χ3v) is 3.11. The van der Waals surface area contributed by atoms with Crippen molar-refractivity contribution in [2.45, 2.75) is 19.8 Å². The molecule has 4 nitrogen and oxygen atoms in total. The molecule has 0 atom stereocenters. The van der Waals surface area contributed by atoms with Crippen LogP contribution in [0.15, 0.2) is 48.7 Å². The van der Waals surface area contributed by atoms with E-state index in [4.69, 9.17) is 0 Å². The lowest BCUT2D eigenvalue weighted by atomic mass is 10.1. The van der Waals surface area contributed by atoms with Crippen LogP contribution in [0, 0.1) is 0 Å². The minimum Gasteiger partial charge on any atom is -0.385 e. The fourth-order valence-corrected chi connectivity index (χ4v) is 1.99. The number of aromatic nitrogens is 1. The lowest BCUT2D eigenvalue weighted by Gasteiger charge is -2.07. The molecule has 0 aliphatic rings. The van der Waals surface area contributed by atoms with Crippen molar-refractivity contribution in [1.82, 2.24) is 10.3 Å². The number of benzene rings is 1. The molecule has 1 heterocycles. The molecule has 0 fully saturated rings. The summed E-state index contributed by atoms with van der Waals surface area (Å²) in [5, 5.41) is 6.15. The van der Waals surface area contributed by atoms with Gasteiger partial charge in [0.2, 0.25) is 0 Å². The standard InChI is InChI=1S/C17H21N3O/c1-2-10-18-15-9-12-19-16(13-15)17(21)20-11-8-14-6-4-3-5-7-14/h3-7,9,12-13H,2,8,10-11H2,1H3,(H,18,19)(H,20,21). The van der Waals surface area contributed by atoms with Crippen molar-refractivity contribution >= 4 is 11.6 Å². The molecule has 0 bridgehead atoms. The van der Waals surface area contributed by atoms with E-state index in [0.29, 0.717) is 12.2 Å². The Labute approximate surface area is 125 Å². The quantitative estimate of drug-likeness (QED) is 0.821. The van der Waals surface area contributed by atoms with Gasteiger partial charge in [0.1, 0.15) is 5.69 Å². The van der Waals surface area contributed by atoms with Crippen LogP contribution in [0.1, 0.15) is 29.4 Å². The number of amides is 1. The number of hydrogen-bond donors (Lipinski definition) is 2. The lowest BCUT2D eigenvalue weighted by molar-refractivity contribution is 0.0949. The lowest BCUT2D eigenvalue weighted by Crippen LogP contribution is -2.26. The zero-order chi connectivity index (χ0) is 14.9. The molecule has 0 saturated heterocycles. The van der Waals surface area contributed by atoms with Gasteiger partial charge in [0, 0.05) is 25.0 Å². The molecular formula is C17H21N3O. The second kappa shape index (κ2) is 8.04. The van der Waals surface area contributed by atoms with Crippen molar-refractivity contribution in [3.8, 4) is 0 Å². The van der Waals surface area contributed by atoms with E-state index in [-0.39, 0.29) is 5.91 Å². The molecule has 110 valence electrons. The SMILES string of the molecule is CCCNc1ccnc(C(=O)NCCc2ccccc2)c1. The van der Waals surface area contributed by atoms with Crippen molar-refractivity contribution in [2.24, 2.45) is 0 Å². The summed E-state index contributed by atoms with van der Waals surface area (Å²) in [5.41, 5.74) is 2.59. The molecule has 0 radical (unpaired) electrons. The molecular weight excluding hydrogens is 262 g/mol. The Morgan fingerprint density at radius 3 is 2.71 bits per heavy atom. The van der Waals surface area contributed by atoms with Crippen LogP contribution < -0.4 is 10.6 Å². The summed E-state index contributed by atoms with van der Waals surface area (Å²) in [6.07, 6.45) is 3.52. The van der Waals surface area contributed by atoms with Crippen LogP contribution in [0.3, 0.4) is 0 Å². The summed E-state index contributed by atoms with van der Waals surface area (Å²) in [6, 6.07) is 13.8. The molecule has 2 aromatic rings. The van der Waals surface area contributed by atoms with E-state index in [9.17, 15) is 4.79 Å². The molecule has 4 heteroatoms. The summed E-state index contributed by atoms with van der Waals surface area (Å²) in [6.45, 7) is 3.60. The first kappa shape index (κ1) is 15.0. The number of nitrogens with one attached hydrogen (secondary N) is 2. The zero-order valence-electron chi connectivity index (χ0n) is 12.3. The van der Waals surface area contributed by atoms with Crippen molar-refractivity contribution in [2.75, 3.05) is 18.4 Å². The highest BCUT2D eigenvalue weighted by Crippen LogP contribution is 2.08. The Hall–Kier alpha value is -2.36. The Morgan fingerprint density at radius 2 is 1.95 bits per heavy atom. The fraction of sp³-hybridized carbons (Fsp3) is 0.294. The molecule has 0 saturated carbocycles. The summed E-state index contributed by atoms with van der Waals surface area (Å²) in [4.78, 5) is 16.2. The number of carbonyl (C=O) groups excluding carboxylic acids is 1. The summed E-state index contributed by atoms with van der Waals surface area (Å²) in [7, 11) is 0. The number of hydrogen-bond acceptors (Lipinski definition) is 3. The fourth-order valence-electron chi connectivity index (χ4n) is 1.99. The van der Waals surface area contributed by atoms with Crippen LogP contribution in [0.25, 0.3) is 0 Å². The molecule has 21 heavy (non-hydrogen) atoms. The second-order valence-electron chi connectivity index (χ2n) is 4.85. The molecule has 1 aromatic heterocycles. The van der Waals surface area contributed by atoms with Gasteiger partial charge in [-0.05, 0) is 30.5 Å². The van der Waals surface area contributed by atoms with Crippen LogP contribution in [-0.2, 0) is 6.42 Å². The maximum Gasteiger partial charge on any atom is 0.269 e.